The Morgan fingerprint density at radius 2 is 1.79 bits per heavy atom. The minimum Gasteiger partial charge on any atom is -0.494 e. The summed E-state index contributed by atoms with van der Waals surface area (Å²) >= 11 is 7.72. The van der Waals surface area contributed by atoms with Gasteiger partial charge in [-0.15, -0.1) is 0 Å². The Morgan fingerprint density at radius 1 is 1.10 bits per heavy atom. The van der Waals surface area contributed by atoms with Crippen molar-refractivity contribution >= 4 is 54.2 Å². The summed E-state index contributed by atoms with van der Waals surface area (Å²) in [7, 11) is 0.761. The van der Waals surface area contributed by atoms with Crippen molar-refractivity contribution in [3.63, 3.8) is 0 Å². The number of thiazole rings is 1. The highest BCUT2D eigenvalue weighted by Crippen LogP contribution is 2.39. The number of amides is 1. The summed E-state index contributed by atoms with van der Waals surface area (Å²) in [5, 5.41) is 0.971. The molecule has 2 aromatic carbocycles. The monoisotopic (exact) mass is 597 g/mol. The third-order valence-corrected chi connectivity index (χ3v) is 9.83. The van der Waals surface area contributed by atoms with E-state index in [4.69, 9.17) is 35.5 Å². The van der Waals surface area contributed by atoms with Crippen molar-refractivity contribution in [3.05, 3.63) is 47.0 Å². The van der Waals surface area contributed by atoms with Crippen molar-refractivity contribution in [2.45, 2.75) is 23.8 Å². The molecule has 0 spiro atoms. The molecule has 0 saturated carbocycles. The molecule has 212 valence electrons. The van der Waals surface area contributed by atoms with Gasteiger partial charge in [-0.25, -0.2) is 13.4 Å². The first-order valence-electron chi connectivity index (χ1n) is 12.4. The van der Waals surface area contributed by atoms with Crippen molar-refractivity contribution < 1.29 is 32.2 Å². The number of halogens is 1. The summed E-state index contributed by atoms with van der Waals surface area (Å²) in [6, 6.07) is 9.39. The topological polar surface area (TPSA) is 108 Å². The Labute approximate surface area is 237 Å². The maximum absolute atomic E-state index is 13.8. The van der Waals surface area contributed by atoms with E-state index in [1.165, 1.54) is 54.1 Å². The molecule has 1 aliphatic rings. The minimum absolute atomic E-state index is 0.0773. The minimum atomic E-state index is -3.82. The van der Waals surface area contributed by atoms with E-state index in [2.05, 4.69) is 0 Å². The number of aromatic nitrogens is 1. The molecule has 4 rings (SSSR count). The highest BCUT2D eigenvalue weighted by atomic mass is 35.5. The van der Waals surface area contributed by atoms with Gasteiger partial charge in [0.2, 0.25) is 10.0 Å². The molecule has 1 saturated heterocycles. The van der Waals surface area contributed by atoms with E-state index in [-0.39, 0.29) is 43.2 Å². The average Bonchev–Trinajstić information content (AvgIpc) is 3.62. The largest absolute Gasteiger partial charge is 0.494 e. The second kappa shape index (κ2) is 13.4. The van der Waals surface area contributed by atoms with Crippen LogP contribution in [0.3, 0.4) is 0 Å². The Hall–Kier alpha value is -2.32. The predicted octanol–water partition coefficient (Wildman–Crippen LogP) is 4.07. The zero-order valence-corrected chi connectivity index (χ0v) is 24.5. The standard InChI is InChI=1S/C26H32ClN3O7S2/c1-34-15-12-29(13-16-35-2)39(32,33)20-8-6-18(7-9-20)25(31)30(17-19-5-4-14-37-19)26-28-23-22(36-3)11-10-21(27)24(23)38-26/h6-11,19H,4-5,12-17H2,1-3H3. The number of nitrogens with zero attached hydrogens (tertiary/aromatic N) is 3. The summed E-state index contributed by atoms with van der Waals surface area (Å²) in [4.78, 5) is 20.2. The van der Waals surface area contributed by atoms with Crippen LogP contribution in [0.1, 0.15) is 23.2 Å². The zero-order valence-electron chi connectivity index (χ0n) is 22.1. The normalized spacial score (nSPS) is 15.8. The van der Waals surface area contributed by atoms with Crippen molar-refractivity contribution in [1.29, 1.82) is 0 Å². The Morgan fingerprint density at radius 3 is 2.38 bits per heavy atom. The Bertz CT molecular complexity index is 1370. The first-order valence-corrected chi connectivity index (χ1v) is 15.1. The molecule has 1 aliphatic heterocycles. The fraction of sp³-hybridized carbons (Fsp3) is 0.462. The highest BCUT2D eigenvalue weighted by Gasteiger charge is 2.29. The number of ether oxygens (including phenoxy) is 4. The quantitative estimate of drug-likeness (QED) is 0.290. The third-order valence-electron chi connectivity index (χ3n) is 6.38. The molecular weight excluding hydrogens is 566 g/mol. The number of methoxy groups -OCH3 is 3. The molecule has 13 heteroatoms. The Balaban J connectivity index is 1.65. The van der Waals surface area contributed by atoms with Crippen LogP contribution >= 0.6 is 22.9 Å². The number of carbonyl (C=O) groups excluding carboxylic acids is 1. The lowest BCUT2D eigenvalue weighted by Crippen LogP contribution is -2.38. The van der Waals surface area contributed by atoms with Gasteiger partial charge < -0.3 is 18.9 Å². The van der Waals surface area contributed by atoms with E-state index >= 15 is 0 Å². The van der Waals surface area contributed by atoms with Crippen LogP contribution in [-0.4, -0.2) is 90.5 Å². The fourth-order valence-corrected chi connectivity index (χ4v) is 6.95. The van der Waals surface area contributed by atoms with Crippen LogP contribution in [0.4, 0.5) is 5.13 Å². The summed E-state index contributed by atoms with van der Waals surface area (Å²) in [5.41, 5.74) is 0.897. The molecule has 0 bridgehead atoms. The summed E-state index contributed by atoms with van der Waals surface area (Å²) in [5.74, 6) is 0.238. The summed E-state index contributed by atoms with van der Waals surface area (Å²) < 4.78 is 50.0. The van der Waals surface area contributed by atoms with Crippen molar-refractivity contribution in [1.82, 2.24) is 9.29 Å². The van der Waals surface area contributed by atoms with Gasteiger partial charge in [0.1, 0.15) is 11.3 Å². The third kappa shape index (κ3) is 6.71. The van der Waals surface area contributed by atoms with Gasteiger partial charge in [-0.3, -0.25) is 9.69 Å². The molecule has 39 heavy (non-hydrogen) atoms. The first-order chi connectivity index (χ1) is 18.8. The molecule has 1 fully saturated rings. The summed E-state index contributed by atoms with van der Waals surface area (Å²) in [6.07, 6.45) is 1.61. The Kier molecular flexibility index (Phi) is 10.2. The number of rotatable bonds is 13. The molecule has 0 aliphatic carbocycles. The number of carbonyl (C=O) groups is 1. The number of sulfonamides is 1. The van der Waals surface area contributed by atoms with Gasteiger partial charge in [0, 0.05) is 39.5 Å². The molecule has 10 nitrogen and oxygen atoms in total. The molecule has 2 heterocycles. The van der Waals surface area contributed by atoms with E-state index < -0.39 is 10.0 Å². The van der Waals surface area contributed by atoms with Crippen LogP contribution in [0.2, 0.25) is 5.02 Å². The molecule has 1 unspecified atom stereocenters. The van der Waals surface area contributed by atoms with Crippen LogP contribution in [0.15, 0.2) is 41.3 Å². The van der Waals surface area contributed by atoms with Crippen LogP contribution in [0.25, 0.3) is 10.2 Å². The van der Waals surface area contributed by atoms with Gasteiger partial charge in [-0.1, -0.05) is 22.9 Å². The summed E-state index contributed by atoms with van der Waals surface area (Å²) in [6.45, 7) is 1.80. The lowest BCUT2D eigenvalue weighted by molar-refractivity contribution is 0.0917. The molecular formula is C26H32ClN3O7S2. The van der Waals surface area contributed by atoms with E-state index in [0.717, 1.165) is 12.8 Å². The second-order valence-electron chi connectivity index (χ2n) is 8.89. The molecule has 0 N–H and O–H groups in total. The SMILES string of the molecule is COCCN(CCOC)S(=O)(=O)c1ccc(C(=O)N(CC2CCCO2)c2nc3c(OC)ccc(Cl)c3s2)cc1. The van der Waals surface area contributed by atoms with Crippen LogP contribution in [-0.2, 0) is 24.2 Å². The van der Waals surface area contributed by atoms with Crippen molar-refractivity contribution in [2.75, 3.05) is 65.7 Å². The van der Waals surface area contributed by atoms with Gasteiger partial charge in [-0.05, 0) is 49.2 Å². The highest BCUT2D eigenvalue weighted by molar-refractivity contribution is 7.89. The van der Waals surface area contributed by atoms with Crippen molar-refractivity contribution in [3.8, 4) is 5.75 Å². The number of fused-ring (bicyclic) bond motifs is 1. The van der Waals surface area contributed by atoms with Gasteiger partial charge in [0.25, 0.3) is 5.91 Å². The maximum Gasteiger partial charge on any atom is 0.260 e. The van der Waals surface area contributed by atoms with Crippen LogP contribution < -0.4 is 9.64 Å². The predicted molar refractivity (Wildman–Crippen MR) is 151 cm³/mol. The zero-order chi connectivity index (χ0) is 28.0. The lowest BCUT2D eigenvalue weighted by Gasteiger charge is -2.24. The maximum atomic E-state index is 13.8. The molecule has 1 atom stereocenters. The van der Waals surface area contributed by atoms with Crippen molar-refractivity contribution in [2.24, 2.45) is 0 Å². The molecule has 1 aromatic heterocycles. The first kappa shape index (κ1) is 29.7. The average molecular weight is 598 g/mol. The fourth-order valence-electron chi connectivity index (χ4n) is 4.27. The number of hydrogen-bond acceptors (Lipinski definition) is 9. The number of anilines is 1. The van der Waals surface area contributed by atoms with E-state index in [0.29, 0.717) is 44.8 Å². The van der Waals surface area contributed by atoms with Gasteiger partial charge in [0.15, 0.2) is 5.13 Å². The van der Waals surface area contributed by atoms with E-state index in [1.54, 1.807) is 24.1 Å². The van der Waals surface area contributed by atoms with Gasteiger partial charge in [-0.2, -0.15) is 4.31 Å². The molecule has 0 radical (unpaired) electrons. The second-order valence-corrected chi connectivity index (χ2v) is 12.2. The van der Waals surface area contributed by atoms with E-state index in [1.807, 2.05) is 0 Å². The molecule has 1 amide bonds. The van der Waals surface area contributed by atoms with Gasteiger partial charge in [0.05, 0.1) is 47.6 Å². The lowest BCUT2D eigenvalue weighted by atomic mass is 10.2. The van der Waals surface area contributed by atoms with Crippen LogP contribution in [0.5, 0.6) is 5.75 Å². The number of hydrogen-bond donors (Lipinski definition) is 0. The van der Waals surface area contributed by atoms with Crippen LogP contribution in [0, 0.1) is 0 Å². The smallest absolute Gasteiger partial charge is 0.260 e. The van der Waals surface area contributed by atoms with Gasteiger partial charge >= 0.3 is 0 Å². The number of benzene rings is 2. The molecule has 3 aromatic rings. The van der Waals surface area contributed by atoms with E-state index in [9.17, 15) is 13.2 Å².